The van der Waals surface area contributed by atoms with Gasteiger partial charge in [0.15, 0.2) is 11.5 Å². The third-order valence-electron chi connectivity index (χ3n) is 6.58. The Labute approximate surface area is 277 Å². The maximum atomic E-state index is 14.7. The molecule has 1 fully saturated rings. The molecule has 0 bridgehead atoms. The van der Waals surface area contributed by atoms with Gasteiger partial charge in [-0.2, -0.15) is 18.3 Å². The molecule has 1 atom stereocenters. The second-order valence-corrected chi connectivity index (χ2v) is 14.0. The minimum Gasteiger partial charge on any atom is -0.444 e. The number of rotatable bonds is 6. The number of hydrogen-bond donors (Lipinski definition) is 2. The fourth-order valence-corrected chi connectivity index (χ4v) is 5.77. The molecule has 3 aromatic rings. The van der Waals surface area contributed by atoms with Crippen molar-refractivity contribution >= 4 is 45.9 Å². The Hall–Kier alpha value is -4.48. The van der Waals surface area contributed by atoms with Crippen LogP contribution >= 0.6 is 11.3 Å². The van der Waals surface area contributed by atoms with Crippen LogP contribution in [0.15, 0.2) is 24.4 Å². The topological polar surface area (TPSA) is 131 Å². The summed E-state index contributed by atoms with van der Waals surface area (Å²) in [5, 5.41) is 8.21. The number of thiazole rings is 1. The van der Waals surface area contributed by atoms with E-state index in [9.17, 15) is 36.3 Å². The smallest absolute Gasteiger partial charge is 0.412 e. The predicted octanol–water partition coefficient (Wildman–Crippen LogP) is 6.89. The normalized spacial score (nSPS) is 15.7. The summed E-state index contributed by atoms with van der Waals surface area (Å²) >= 11 is 0.593. The van der Waals surface area contributed by atoms with Crippen LogP contribution in [0.3, 0.4) is 0 Å². The summed E-state index contributed by atoms with van der Waals surface area (Å²) in [5.74, 6) is -3.08. The maximum absolute atomic E-state index is 14.7. The molecule has 48 heavy (non-hydrogen) atoms. The van der Waals surface area contributed by atoms with Crippen LogP contribution < -0.4 is 15.5 Å². The Morgan fingerprint density at radius 1 is 0.979 bits per heavy atom. The van der Waals surface area contributed by atoms with Crippen LogP contribution in [-0.4, -0.2) is 80.8 Å². The number of benzene rings is 1. The van der Waals surface area contributed by atoms with Crippen LogP contribution in [0.4, 0.5) is 48.0 Å². The SMILES string of the molecule is CC1CN(c2c(NC(=O)c3nc(-c4c(F)cccc4F)sc3NC(=O)OC(C)(C)C)cnn2CC(F)(F)F)CCN1C(=O)OC(C)(C)C. The van der Waals surface area contributed by atoms with Gasteiger partial charge in [0.2, 0.25) is 0 Å². The second kappa shape index (κ2) is 13.6. The van der Waals surface area contributed by atoms with Crippen LogP contribution in [0.25, 0.3) is 10.6 Å². The summed E-state index contributed by atoms with van der Waals surface area (Å²) < 4.78 is 81.5. The highest BCUT2D eigenvalue weighted by atomic mass is 32.1. The zero-order valence-corrected chi connectivity index (χ0v) is 28.1. The van der Waals surface area contributed by atoms with Gasteiger partial charge >= 0.3 is 18.4 Å². The molecule has 2 aromatic heterocycles. The van der Waals surface area contributed by atoms with E-state index in [2.05, 4.69) is 20.7 Å². The first-order valence-electron chi connectivity index (χ1n) is 14.8. The van der Waals surface area contributed by atoms with Crippen LogP contribution in [0, 0.1) is 11.6 Å². The molecule has 3 heterocycles. The number of amides is 3. The van der Waals surface area contributed by atoms with Crippen molar-refractivity contribution < 1.29 is 45.8 Å². The third-order valence-corrected chi connectivity index (χ3v) is 7.57. The Morgan fingerprint density at radius 3 is 2.17 bits per heavy atom. The summed E-state index contributed by atoms with van der Waals surface area (Å²) in [6.07, 6.45) is -5.22. The van der Waals surface area contributed by atoms with Crippen molar-refractivity contribution in [2.45, 2.75) is 78.4 Å². The van der Waals surface area contributed by atoms with Gasteiger partial charge in [0.1, 0.15) is 45.1 Å². The van der Waals surface area contributed by atoms with E-state index in [1.165, 1.54) is 4.90 Å². The number of halogens is 5. The number of ether oxygens (including phenoxy) is 2. The van der Waals surface area contributed by atoms with Gasteiger partial charge in [0.25, 0.3) is 5.91 Å². The van der Waals surface area contributed by atoms with E-state index in [0.717, 1.165) is 24.4 Å². The van der Waals surface area contributed by atoms with E-state index < -0.39 is 71.0 Å². The highest BCUT2D eigenvalue weighted by Gasteiger charge is 2.36. The van der Waals surface area contributed by atoms with E-state index in [-0.39, 0.29) is 41.1 Å². The second-order valence-electron chi connectivity index (χ2n) is 13.0. The maximum Gasteiger partial charge on any atom is 0.412 e. The van der Waals surface area contributed by atoms with Gasteiger partial charge in [0.05, 0.1) is 11.8 Å². The molecule has 0 radical (unpaired) electrons. The minimum atomic E-state index is -4.68. The van der Waals surface area contributed by atoms with Crippen molar-refractivity contribution in [2.24, 2.45) is 0 Å². The molecular weight excluding hydrogens is 665 g/mol. The van der Waals surface area contributed by atoms with Crippen molar-refractivity contribution in [3.8, 4) is 10.6 Å². The number of piperazine rings is 1. The highest BCUT2D eigenvalue weighted by molar-refractivity contribution is 7.19. The molecule has 4 rings (SSSR count). The van der Waals surface area contributed by atoms with Crippen LogP contribution in [0.5, 0.6) is 0 Å². The van der Waals surface area contributed by atoms with Crippen molar-refractivity contribution in [2.75, 3.05) is 35.2 Å². The van der Waals surface area contributed by atoms with Crippen LogP contribution in [0.1, 0.15) is 59.0 Å². The summed E-state index contributed by atoms with van der Waals surface area (Å²) in [4.78, 5) is 46.2. The molecule has 1 aliphatic heterocycles. The van der Waals surface area contributed by atoms with Gasteiger partial charge in [-0.05, 0) is 60.6 Å². The number of nitrogens with zero attached hydrogens (tertiary/aromatic N) is 5. The summed E-state index contributed by atoms with van der Waals surface area (Å²) in [5.41, 5.74) is -2.88. The fraction of sp³-hybridized carbons (Fsp3) is 0.500. The number of carbonyl (C=O) groups is 3. The lowest BCUT2D eigenvalue weighted by Gasteiger charge is -2.41. The molecule has 3 amide bonds. The lowest BCUT2D eigenvalue weighted by molar-refractivity contribution is -0.142. The molecule has 0 spiro atoms. The van der Waals surface area contributed by atoms with Gasteiger partial charge in [-0.15, -0.1) is 0 Å². The zero-order valence-electron chi connectivity index (χ0n) is 27.3. The monoisotopic (exact) mass is 701 g/mol. The summed E-state index contributed by atoms with van der Waals surface area (Å²) in [6, 6.07) is 2.62. The Bertz CT molecular complexity index is 1660. The highest BCUT2D eigenvalue weighted by Crippen LogP contribution is 2.37. The van der Waals surface area contributed by atoms with Gasteiger partial charge in [-0.1, -0.05) is 17.4 Å². The number of aromatic nitrogens is 3. The number of carbonyl (C=O) groups excluding carboxylic acids is 3. The average molecular weight is 702 g/mol. The zero-order chi connectivity index (χ0) is 35.8. The lowest BCUT2D eigenvalue weighted by Crippen LogP contribution is -2.55. The Morgan fingerprint density at radius 2 is 1.60 bits per heavy atom. The largest absolute Gasteiger partial charge is 0.444 e. The molecule has 1 saturated heterocycles. The Balaban J connectivity index is 1.69. The molecule has 1 aliphatic rings. The van der Waals surface area contributed by atoms with Gasteiger partial charge in [-0.25, -0.2) is 28.0 Å². The number of anilines is 3. The van der Waals surface area contributed by atoms with E-state index in [1.54, 1.807) is 53.4 Å². The molecular formula is C30H36F5N7O5S. The van der Waals surface area contributed by atoms with Crippen molar-refractivity contribution in [1.82, 2.24) is 19.7 Å². The lowest BCUT2D eigenvalue weighted by atomic mass is 10.2. The van der Waals surface area contributed by atoms with Crippen molar-refractivity contribution in [1.29, 1.82) is 0 Å². The first kappa shape index (κ1) is 36.4. The minimum absolute atomic E-state index is 0.0600. The van der Waals surface area contributed by atoms with Gasteiger partial charge in [-0.3, -0.25) is 10.1 Å². The standard InChI is InChI=1S/C30H36F5N7O5S/c1-16-14-40(11-12-41(16)27(45)47-29(5,6)7)25-19(13-36-42(25)15-30(33,34)35)37-22(43)21-24(39-26(44)46-28(2,3)4)48-23(38-21)20-17(31)9-8-10-18(20)32/h8-10,13,16H,11-12,14-15H2,1-7H3,(H,37,43)(H,39,44). The molecule has 1 aromatic carbocycles. The molecule has 18 heteroatoms. The first-order chi connectivity index (χ1) is 22.1. The van der Waals surface area contributed by atoms with Crippen LogP contribution in [-0.2, 0) is 16.0 Å². The van der Waals surface area contributed by atoms with E-state index in [0.29, 0.717) is 16.0 Å². The van der Waals surface area contributed by atoms with E-state index >= 15 is 0 Å². The van der Waals surface area contributed by atoms with Gasteiger partial charge < -0.3 is 24.6 Å². The summed E-state index contributed by atoms with van der Waals surface area (Å²) in [6.45, 7) is 10.4. The van der Waals surface area contributed by atoms with Gasteiger partial charge in [0, 0.05) is 25.7 Å². The van der Waals surface area contributed by atoms with Crippen molar-refractivity contribution in [3.05, 3.63) is 41.7 Å². The fourth-order valence-electron chi connectivity index (χ4n) is 4.77. The quantitative estimate of drug-likeness (QED) is 0.266. The molecule has 2 N–H and O–H groups in total. The average Bonchev–Trinajstić information content (AvgIpc) is 3.49. The molecule has 1 unspecified atom stereocenters. The number of nitrogens with one attached hydrogen (secondary N) is 2. The summed E-state index contributed by atoms with van der Waals surface area (Å²) in [7, 11) is 0. The van der Waals surface area contributed by atoms with Crippen molar-refractivity contribution in [3.63, 3.8) is 0 Å². The van der Waals surface area contributed by atoms with E-state index in [4.69, 9.17) is 9.47 Å². The number of alkyl halides is 3. The van der Waals surface area contributed by atoms with Crippen LogP contribution in [0.2, 0.25) is 0 Å². The first-order valence-corrected chi connectivity index (χ1v) is 15.6. The molecule has 0 saturated carbocycles. The molecule has 0 aliphatic carbocycles. The van der Waals surface area contributed by atoms with E-state index in [1.807, 2.05) is 0 Å². The Kier molecular flexibility index (Phi) is 10.3. The molecule has 262 valence electrons. The molecule has 12 nitrogen and oxygen atoms in total. The third kappa shape index (κ3) is 9.11. The number of hydrogen-bond acceptors (Lipinski definition) is 9. The predicted molar refractivity (Wildman–Crippen MR) is 168 cm³/mol.